The molecule has 5 nitrogen and oxygen atoms in total. The summed E-state index contributed by atoms with van der Waals surface area (Å²) in [6.07, 6.45) is 5.89. The number of urea groups is 1. The number of benzene rings is 2. The van der Waals surface area contributed by atoms with Gasteiger partial charge < -0.3 is 15.3 Å². The van der Waals surface area contributed by atoms with E-state index in [2.05, 4.69) is 10.3 Å². The smallest absolute Gasteiger partial charge is 0.322 e. The molecule has 0 spiro atoms. The van der Waals surface area contributed by atoms with Gasteiger partial charge in [0, 0.05) is 47.7 Å². The van der Waals surface area contributed by atoms with Crippen LogP contribution in [0.2, 0.25) is 0 Å². The van der Waals surface area contributed by atoms with Gasteiger partial charge in [0.05, 0.1) is 11.3 Å². The standard InChI is InChI=1S/C24H23F2N3O2/c25-17-5-4-15(21(26)10-17)11-24(31)12-18-6-7-19(13-24)29(18)23(30)28-22-3-1-2-16-14-27-9-8-20(16)22/h1-5,8-10,14,18-19,31H,6-7,11-13H2,(H,28,30)/t18-,19-/m0/s1. The molecule has 2 amide bonds. The van der Waals surface area contributed by atoms with E-state index in [4.69, 9.17) is 0 Å². The van der Waals surface area contributed by atoms with E-state index in [1.165, 1.54) is 12.1 Å². The molecular weight excluding hydrogens is 400 g/mol. The summed E-state index contributed by atoms with van der Waals surface area (Å²) >= 11 is 0. The highest BCUT2D eigenvalue weighted by Gasteiger charge is 2.49. The lowest BCUT2D eigenvalue weighted by Gasteiger charge is -2.44. The van der Waals surface area contributed by atoms with E-state index < -0.39 is 17.2 Å². The van der Waals surface area contributed by atoms with E-state index in [0.29, 0.717) is 18.4 Å². The van der Waals surface area contributed by atoms with Crippen molar-refractivity contribution in [2.45, 2.75) is 49.8 Å². The number of anilines is 1. The molecule has 0 unspecified atom stereocenters. The predicted octanol–water partition coefficient (Wildman–Crippen LogP) is 4.65. The number of hydrogen-bond acceptors (Lipinski definition) is 3. The van der Waals surface area contributed by atoms with Crippen LogP contribution in [-0.4, -0.2) is 38.7 Å². The molecule has 0 aliphatic carbocycles. The number of nitrogens with zero attached hydrogens (tertiary/aromatic N) is 2. The molecule has 2 saturated heterocycles. The molecule has 1 aromatic heterocycles. The van der Waals surface area contributed by atoms with Crippen molar-refractivity contribution in [1.82, 2.24) is 9.88 Å². The minimum atomic E-state index is -1.12. The van der Waals surface area contributed by atoms with Crippen LogP contribution in [0.5, 0.6) is 0 Å². The highest BCUT2D eigenvalue weighted by molar-refractivity contribution is 6.01. The first-order valence-electron chi connectivity index (χ1n) is 10.5. The van der Waals surface area contributed by atoms with E-state index in [-0.39, 0.29) is 24.5 Å². The van der Waals surface area contributed by atoms with Gasteiger partial charge in [-0.25, -0.2) is 13.6 Å². The van der Waals surface area contributed by atoms with E-state index >= 15 is 0 Å². The Morgan fingerprint density at radius 3 is 2.68 bits per heavy atom. The molecule has 2 N–H and O–H groups in total. The first-order valence-corrected chi connectivity index (χ1v) is 10.5. The Bertz CT molecular complexity index is 1130. The Balaban J connectivity index is 1.33. The summed E-state index contributed by atoms with van der Waals surface area (Å²) in [6, 6.07) is 10.6. The van der Waals surface area contributed by atoms with Crippen molar-refractivity contribution in [3.63, 3.8) is 0 Å². The van der Waals surface area contributed by atoms with Crippen molar-refractivity contribution >= 4 is 22.5 Å². The molecule has 2 aliphatic heterocycles. The Hall–Kier alpha value is -3.06. The molecule has 2 aromatic carbocycles. The van der Waals surface area contributed by atoms with Crippen LogP contribution in [0.3, 0.4) is 0 Å². The Labute approximate surface area is 178 Å². The van der Waals surface area contributed by atoms with E-state index in [1.54, 1.807) is 12.4 Å². The number of carbonyl (C=O) groups excluding carboxylic acids is 1. The zero-order valence-electron chi connectivity index (χ0n) is 16.9. The quantitative estimate of drug-likeness (QED) is 0.645. The van der Waals surface area contributed by atoms with Gasteiger partial charge in [0.2, 0.25) is 0 Å². The minimum Gasteiger partial charge on any atom is -0.389 e. The number of nitrogens with one attached hydrogen (secondary N) is 1. The van der Waals surface area contributed by atoms with Gasteiger partial charge in [0.15, 0.2) is 0 Å². The lowest BCUT2D eigenvalue weighted by molar-refractivity contribution is -0.0372. The normalized spacial score (nSPS) is 25.1. The number of aliphatic hydroxyl groups is 1. The van der Waals surface area contributed by atoms with Gasteiger partial charge in [-0.15, -0.1) is 0 Å². The lowest BCUT2D eigenvalue weighted by Crippen LogP contribution is -2.55. The maximum absolute atomic E-state index is 14.1. The number of rotatable bonds is 3. The molecule has 2 aliphatic rings. The minimum absolute atomic E-state index is 0.109. The molecular formula is C24H23F2N3O2. The van der Waals surface area contributed by atoms with E-state index in [9.17, 15) is 18.7 Å². The Morgan fingerprint density at radius 2 is 1.94 bits per heavy atom. The molecule has 2 fully saturated rings. The zero-order valence-corrected chi connectivity index (χ0v) is 16.9. The Kier molecular flexibility index (Phi) is 4.85. The second-order valence-electron chi connectivity index (χ2n) is 8.67. The average Bonchev–Trinajstić information content (AvgIpc) is 3.03. The van der Waals surface area contributed by atoms with Gasteiger partial charge in [-0.05, 0) is 49.4 Å². The summed E-state index contributed by atoms with van der Waals surface area (Å²) in [5, 5.41) is 16.1. The van der Waals surface area contributed by atoms with Gasteiger partial charge in [-0.3, -0.25) is 4.98 Å². The Morgan fingerprint density at radius 1 is 1.16 bits per heavy atom. The zero-order chi connectivity index (χ0) is 21.6. The summed E-state index contributed by atoms with van der Waals surface area (Å²) in [4.78, 5) is 19.1. The number of carbonyl (C=O) groups is 1. The van der Waals surface area contributed by atoms with Crippen molar-refractivity contribution in [3.05, 3.63) is 72.1 Å². The van der Waals surface area contributed by atoms with Gasteiger partial charge in [-0.2, -0.15) is 0 Å². The molecule has 5 rings (SSSR count). The topological polar surface area (TPSA) is 65.5 Å². The highest BCUT2D eigenvalue weighted by atomic mass is 19.1. The molecule has 0 radical (unpaired) electrons. The second-order valence-corrected chi connectivity index (χ2v) is 8.67. The van der Waals surface area contributed by atoms with Crippen molar-refractivity contribution < 1.29 is 18.7 Å². The van der Waals surface area contributed by atoms with Crippen LogP contribution in [0.15, 0.2) is 54.9 Å². The third kappa shape index (κ3) is 3.74. The molecule has 31 heavy (non-hydrogen) atoms. The molecule has 3 aromatic rings. The lowest BCUT2D eigenvalue weighted by atomic mass is 9.81. The molecule has 7 heteroatoms. The number of pyridine rings is 1. The fourth-order valence-corrected chi connectivity index (χ4v) is 5.23. The van der Waals surface area contributed by atoms with E-state index in [1.807, 2.05) is 29.2 Å². The largest absolute Gasteiger partial charge is 0.389 e. The van der Waals surface area contributed by atoms with Crippen LogP contribution in [0, 0.1) is 11.6 Å². The van der Waals surface area contributed by atoms with Crippen LogP contribution in [0.4, 0.5) is 19.3 Å². The summed E-state index contributed by atoms with van der Waals surface area (Å²) in [5.74, 6) is -1.28. The summed E-state index contributed by atoms with van der Waals surface area (Å²) in [7, 11) is 0. The molecule has 160 valence electrons. The first-order chi connectivity index (χ1) is 14.9. The van der Waals surface area contributed by atoms with Gasteiger partial charge in [-0.1, -0.05) is 18.2 Å². The predicted molar refractivity (Wildman–Crippen MR) is 114 cm³/mol. The van der Waals surface area contributed by atoms with Crippen LogP contribution < -0.4 is 5.32 Å². The summed E-state index contributed by atoms with van der Waals surface area (Å²) in [5.41, 5.74) is -0.101. The van der Waals surface area contributed by atoms with Crippen molar-refractivity contribution in [3.8, 4) is 0 Å². The van der Waals surface area contributed by atoms with Crippen LogP contribution in [0.25, 0.3) is 10.8 Å². The maximum Gasteiger partial charge on any atom is 0.322 e. The highest BCUT2D eigenvalue weighted by Crippen LogP contribution is 2.43. The number of hydrogen-bond donors (Lipinski definition) is 2. The number of halogens is 2. The van der Waals surface area contributed by atoms with Crippen LogP contribution in [0.1, 0.15) is 31.2 Å². The van der Waals surface area contributed by atoms with E-state index in [0.717, 1.165) is 35.4 Å². The number of piperidine rings is 1. The number of amides is 2. The molecule has 2 bridgehead atoms. The molecule has 2 atom stereocenters. The SMILES string of the molecule is O=C(Nc1cccc2cnccc12)N1[C@H]2CC[C@H]1CC(O)(Cc1ccc(F)cc1F)C2. The van der Waals surface area contributed by atoms with Gasteiger partial charge in [0.1, 0.15) is 11.6 Å². The average molecular weight is 423 g/mol. The monoisotopic (exact) mass is 423 g/mol. The number of fused-ring (bicyclic) bond motifs is 3. The van der Waals surface area contributed by atoms with Crippen LogP contribution in [-0.2, 0) is 6.42 Å². The van der Waals surface area contributed by atoms with Crippen molar-refractivity contribution in [2.75, 3.05) is 5.32 Å². The molecule has 3 heterocycles. The van der Waals surface area contributed by atoms with Gasteiger partial charge >= 0.3 is 6.03 Å². The van der Waals surface area contributed by atoms with Crippen molar-refractivity contribution in [1.29, 1.82) is 0 Å². The third-order valence-electron chi connectivity index (χ3n) is 6.54. The first kappa shape index (κ1) is 19.9. The maximum atomic E-state index is 14.1. The number of aromatic nitrogens is 1. The van der Waals surface area contributed by atoms with Crippen LogP contribution >= 0.6 is 0 Å². The van der Waals surface area contributed by atoms with Gasteiger partial charge in [0.25, 0.3) is 0 Å². The van der Waals surface area contributed by atoms with Crippen molar-refractivity contribution in [2.24, 2.45) is 0 Å². The fraction of sp³-hybridized carbons (Fsp3) is 0.333. The summed E-state index contributed by atoms with van der Waals surface area (Å²) < 4.78 is 27.3. The second kappa shape index (κ2) is 7.57. The summed E-state index contributed by atoms with van der Waals surface area (Å²) in [6.45, 7) is 0. The fourth-order valence-electron chi connectivity index (χ4n) is 5.23. The molecule has 0 saturated carbocycles. The third-order valence-corrected chi connectivity index (χ3v) is 6.54.